The molecule has 0 bridgehead atoms. The van der Waals surface area contributed by atoms with Gasteiger partial charge in [-0.2, -0.15) is 0 Å². The van der Waals surface area contributed by atoms with Crippen molar-refractivity contribution in [3.05, 3.63) is 30.3 Å². The number of nitrogens with zero attached hydrogens (tertiary/aromatic N) is 2. The number of benzene rings is 1. The molecule has 0 aliphatic carbocycles. The summed E-state index contributed by atoms with van der Waals surface area (Å²) in [6.07, 6.45) is 4.28. The predicted molar refractivity (Wildman–Crippen MR) is 117 cm³/mol. The molecular weight excluding hydrogens is 352 g/mol. The molecule has 1 heterocycles. The number of anilines is 1. The van der Waals surface area contributed by atoms with E-state index in [1.54, 1.807) is 0 Å². The maximum absolute atomic E-state index is 5.82. The molecule has 0 amide bonds. The van der Waals surface area contributed by atoms with E-state index in [4.69, 9.17) is 9.47 Å². The molecule has 0 unspecified atom stereocenters. The van der Waals surface area contributed by atoms with E-state index < -0.39 is 0 Å². The summed E-state index contributed by atoms with van der Waals surface area (Å²) < 4.78 is 11.2. The third kappa shape index (κ3) is 9.42. The van der Waals surface area contributed by atoms with Crippen molar-refractivity contribution in [2.75, 3.05) is 64.6 Å². The first-order valence-corrected chi connectivity index (χ1v) is 10.7. The highest BCUT2D eigenvalue weighted by molar-refractivity contribution is 5.79. The van der Waals surface area contributed by atoms with E-state index in [0.717, 1.165) is 84.2 Å². The minimum Gasteiger partial charge on any atom is -0.381 e. The number of rotatable bonds is 12. The van der Waals surface area contributed by atoms with Crippen LogP contribution in [0.1, 0.15) is 32.6 Å². The molecule has 0 aromatic heterocycles. The highest BCUT2D eigenvalue weighted by Crippen LogP contribution is 2.14. The summed E-state index contributed by atoms with van der Waals surface area (Å²) in [6, 6.07) is 10.5. The van der Waals surface area contributed by atoms with Crippen LogP contribution in [-0.4, -0.2) is 65.6 Å². The Balaban J connectivity index is 1.55. The maximum Gasteiger partial charge on any atom is 0.191 e. The van der Waals surface area contributed by atoms with Crippen LogP contribution in [0.2, 0.25) is 0 Å². The van der Waals surface area contributed by atoms with Gasteiger partial charge in [0.05, 0.1) is 0 Å². The third-order valence-corrected chi connectivity index (χ3v) is 4.92. The molecule has 1 aliphatic heterocycles. The van der Waals surface area contributed by atoms with Crippen LogP contribution in [0.5, 0.6) is 0 Å². The second kappa shape index (κ2) is 14.2. The van der Waals surface area contributed by atoms with Crippen molar-refractivity contribution in [1.29, 1.82) is 0 Å². The lowest BCUT2D eigenvalue weighted by molar-refractivity contribution is 0.0203. The van der Waals surface area contributed by atoms with Gasteiger partial charge in [0.1, 0.15) is 0 Å². The number of guanidine groups is 1. The Hall–Kier alpha value is -1.79. The summed E-state index contributed by atoms with van der Waals surface area (Å²) >= 11 is 0. The molecule has 1 saturated heterocycles. The van der Waals surface area contributed by atoms with E-state index in [-0.39, 0.29) is 0 Å². The minimum absolute atomic E-state index is 0.676. The van der Waals surface area contributed by atoms with Crippen LogP contribution in [0.3, 0.4) is 0 Å². The summed E-state index contributed by atoms with van der Waals surface area (Å²) in [5, 5.41) is 6.72. The van der Waals surface area contributed by atoms with Gasteiger partial charge < -0.3 is 25.0 Å². The van der Waals surface area contributed by atoms with Crippen LogP contribution >= 0.6 is 0 Å². The second-order valence-corrected chi connectivity index (χ2v) is 7.28. The fourth-order valence-electron chi connectivity index (χ4n) is 3.20. The fraction of sp³-hybridized carbons (Fsp3) is 0.682. The Morgan fingerprint density at radius 3 is 2.71 bits per heavy atom. The van der Waals surface area contributed by atoms with Gasteiger partial charge in [-0.25, -0.2) is 0 Å². The molecule has 0 radical (unpaired) electrons. The van der Waals surface area contributed by atoms with Crippen molar-refractivity contribution < 1.29 is 9.47 Å². The molecule has 1 aliphatic rings. The molecule has 28 heavy (non-hydrogen) atoms. The molecule has 0 saturated carbocycles. The number of para-hydroxylation sites is 1. The predicted octanol–water partition coefficient (Wildman–Crippen LogP) is 2.90. The van der Waals surface area contributed by atoms with Crippen LogP contribution in [0.15, 0.2) is 35.3 Å². The van der Waals surface area contributed by atoms with Crippen molar-refractivity contribution in [2.45, 2.75) is 32.6 Å². The zero-order valence-electron chi connectivity index (χ0n) is 17.7. The molecule has 6 heteroatoms. The third-order valence-electron chi connectivity index (χ3n) is 4.92. The first-order chi connectivity index (χ1) is 13.8. The lowest BCUT2D eigenvalue weighted by atomic mass is 10.0. The molecule has 0 atom stereocenters. The zero-order valence-corrected chi connectivity index (χ0v) is 17.7. The standard InChI is InChI=1S/C22H38N4O2/c1-3-23-22(24-13-7-15-26(2)21-9-5-4-6-10-21)25-14-8-16-28-19-20-11-17-27-18-12-20/h4-6,9-10,20H,3,7-8,11-19H2,1-2H3,(H2,23,24,25). The Morgan fingerprint density at radius 2 is 1.96 bits per heavy atom. The van der Waals surface area contributed by atoms with Gasteiger partial charge in [-0.15, -0.1) is 0 Å². The Labute approximate surface area is 170 Å². The molecule has 2 N–H and O–H groups in total. The van der Waals surface area contributed by atoms with Crippen molar-refractivity contribution in [2.24, 2.45) is 10.9 Å². The second-order valence-electron chi connectivity index (χ2n) is 7.28. The number of ether oxygens (including phenoxy) is 2. The van der Waals surface area contributed by atoms with Crippen LogP contribution in [0.25, 0.3) is 0 Å². The normalized spacial score (nSPS) is 15.4. The van der Waals surface area contributed by atoms with Crippen LogP contribution < -0.4 is 15.5 Å². The summed E-state index contributed by atoms with van der Waals surface area (Å²) in [6.45, 7) is 9.09. The lowest BCUT2D eigenvalue weighted by Gasteiger charge is -2.21. The van der Waals surface area contributed by atoms with Gasteiger partial charge in [0.2, 0.25) is 0 Å². The van der Waals surface area contributed by atoms with Gasteiger partial charge in [0.25, 0.3) is 0 Å². The summed E-state index contributed by atoms with van der Waals surface area (Å²) in [5.41, 5.74) is 1.25. The summed E-state index contributed by atoms with van der Waals surface area (Å²) in [4.78, 5) is 6.95. The highest BCUT2D eigenvalue weighted by atomic mass is 16.5. The van der Waals surface area contributed by atoms with Gasteiger partial charge in [0.15, 0.2) is 5.96 Å². The van der Waals surface area contributed by atoms with Crippen LogP contribution in [-0.2, 0) is 9.47 Å². The fourth-order valence-corrected chi connectivity index (χ4v) is 3.20. The Bertz CT molecular complexity index is 533. The van der Waals surface area contributed by atoms with Crippen molar-refractivity contribution in [3.63, 3.8) is 0 Å². The van der Waals surface area contributed by atoms with E-state index in [1.807, 2.05) is 6.07 Å². The smallest absolute Gasteiger partial charge is 0.191 e. The number of nitrogens with one attached hydrogen (secondary N) is 2. The molecule has 0 spiro atoms. The average Bonchev–Trinajstić information content (AvgIpc) is 2.74. The topological polar surface area (TPSA) is 58.1 Å². The van der Waals surface area contributed by atoms with E-state index in [1.165, 1.54) is 5.69 Å². The molecular formula is C22H38N4O2. The van der Waals surface area contributed by atoms with E-state index in [0.29, 0.717) is 5.92 Å². The quantitative estimate of drug-likeness (QED) is 0.326. The molecule has 1 fully saturated rings. The van der Waals surface area contributed by atoms with E-state index in [2.05, 4.69) is 58.8 Å². The average molecular weight is 391 g/mol. The first-order valence-electron chi connectivity index (χ1n) is 10.7. The zero-order chi connectivity index (χ0) is 19.9. The van der Waals surface area contributed by atoms with Crippen LogP contribution in [0, 0.1) is 5.92 Å². The van der Waals surface area contributed by atoms with Gasteiger partial charge in [-0.3, -0.25) is 4.99 Å². The van der Waals surface area contributed by atoms with Crippen LogP contribution in [0.4, 0.5) is 5.69 Å². The summed E-state index contributed by atoms with van der Waals surface area (Å²) in [5.74, 6) is 1.57. The minimum atomic E-state index is 0.676. The molecule has 1 aromatic carbocycles. The van der Waals surface area contributed by atoms with Crippen molar-refractivity contribution in [1.82, 2.24) is 10.6 Å². The van der Waals surface area contributed by atoms with Gasteiger partial charge in [-0.1, -0.05) is 18.2 Å². The van der Waals surface area contributed by atoms with Crippen molar-refractivity contribution >= 4 is 11.6 Å². The van der Waals surface area contributed by atoms with E-state index >= 15 is 0 Å². The lowest BCUT2D eigenvalue weighted by Crippen LogP contribution is -2.38. The largest absolute Gasteiger partial charge is 0.381 e. The SMILES string of the molecule is CCNC(=NCCCN(C)c1ccccc1)NCCCOCC1CCOCC1. The maximum atomic E-state index is 5.82. The molecule has 158 valence electrons. The van der Waals surface area contributed by atoms with Gasteiger partial charge in [-0.05, 0) is 50.7 Å². The van der Waals surface area contributed by atoms with Gasteiger partial charge >= 0.3 is 0 Å². The Morgan fingerprint density at radius 1 is 1.18 bits per heavy atom. The van der Waals surface area contributed by atoms with Gasteiger partial charge in [0, 0.05) is 65.3 Å². The Kier molecular flexibility index (Phi) is 11.4. The first kappa shape index (κ1) is 22.5. The van der Waals surface area contributed by atoms with E-state index in [9.17, 15) is 0 Å². The summed E-state index contributed by atoms with van der Waals surface area (Å²) in [7, 11) is 2.13. The number of aliphatic imine (C=N–C) groups is 1. The molecule has 2 rings (SSSR count). The van der Waals surface area contributed by atoms with Crippen molar-refractivity contribution in [3.8, 4) is 0 Å². The molecule has 6 nitrogen and oxygen atoms in total. The number of hydrogen-bond donors (Lipinski definition) is 2. The number of hydrogen-bond acceptors (Lipinski definition) is 4. The highest BCUT2D eigenvalue weighted by Gasteiger charge is 2.13. The monoisotopic (exact) mass is 390 g/mol. The molecule has 1 aromatic rings.